The van der Waals surface area contributed by atoms with Gasteiger partial charge in [-0.2, -0.15) is 5.10 Å². The van der Waals surface area contributed by atoms with Gasteiger partial charge in [0.15, 0.2) is 5.78 Å². The number of aromatic nitrogens is 2. The number of anilines is 1. The molecule has 6 heteroatoms. The molecule has 0 saturated carbocycles. The number of hydrogen-bond acceptors (Lipinski definition) is 4. The number of nitrogens with zero attached hydrogens (tertiary/aromatic N) is 4. The van der Waals surface area contributed by atoms with Gasteiger partial charge in [0.25, 0.3) is 0 Å². The Labute approximate surface area is 163 Å². The van der Waals surface area contributed by atoms with Gasteiger partial charge in [-0.25, -0.2) is 8.91 Å². The lowest BCUT2D eigenvalue weighted by molar-refractivity contribution is 0.104. The molecule has 5 nitrogen and oxygen atoms in total. The highest BCUT2D eigenvalue weighted by atomic mass is 19.1. The molecule has 2 aromatic heterocycles. The Hall–Kier alpha value is -3.15. The molecule has 0 bridgehead atoms. The molecule has 1 aliphatic heterocycles. The fourth-order valence-corrected chi connectivity index (χ4v) is 3.59. The number of hydrogen-bond donors (Lipinski definition) is 0. The van der Waals surface area contributed by atoms with Gasteiger partial charge in [-0.3, -0.25) is 4.79 Å². The van der Waals surface area contributed by atoms with E-state index in [1.807, 2.05) is 41.7 Å². The molecular formula is C22H23FN4O. The van der Waals surface area contributed by atoms with Crippen LogP contribution in [0.15, 0.2) is 54.7 Å². The molecule has 0 aliphatic carbocycles. The van der Waals surface area contributed by atoms with Gasteiger partial charge in [0.1, 0.15) is 17.3 Å². The molecule has 0 radical (unpaired) electrons. The summed E-state index contributed by atoms with van der Waals surface area (Å²) in [6.45, 7) is 1.96. The fraction of sp³-hybridized carbons (Fsp3) is 0.273. The maximum Gasteiger partial charge on any atom is 0.191 e. The predicted octanol–water partition coefficient (Wildman–Crippen LogP) is 4.00. The Balaban J connectivity index is 1.92. The van der Waals surface area contributed by atoms with Crippen LogP contribution in [0.25, 0.3) is 16.8 Å². The Kier molecular flexibility index (Phi) is 4.86. The minimum atomic E-state index is -0.314. The van der Waals surface area contributed by atoms with Gasteiger partial charge in [-0.05, 0) is 49.2 Å². The van der Waals surface area contributed by atoms with Crippen molar-refractivity contribution in [1.29, 1.82) is 0 Å². The topological polar surface area (TPSA) is 40.9 Å². The van der Waals surface area contributed by atoms with Gasteiger partial charge in [0, 0.05) is 45.0 Å². The molecule has 1 aliphatic rings. The third kappa shape index (κ3) is 3.38. The predicted molar refractivity (Wildman–Crippen MR) is 109 cm³/mol. The summed E-state index contributed by atoms with van der Waals surface area (Å²) in [6.07, 6.45) is 5.58. The van der Waals surface area contributed by atoms with Crippen LogP contribution in [0.4, 0.5) is 10.2 Å². The van der Waals surface area contributed by atoms with Crippen LogP contribution in [0.3, 0.4) is 0 Å². The Morgan fingerprint density at radius 2 is 1.82 bits per heavy atom. The van der Waals surface area contributed by atoms with E-state index in [4.69, 9.17) is 5.10 Å². The van der Waals surface area contributed by atoms with Crippen molar-refractivity contribution in [3.8, 4) is 11.3 Å². The highest BCUT2D eigenvalue weighted by Gasteiger charge is 2.23. The van der Waals surface area contributed by atoms with E-state index in [1.165, 1.54) is 12.1 Å². The number of carbonyl (C=O) groups is 1. The van der Waals surface area contributed by atoms with E-state index in [0.29, 0.717) is 11.3 Å². The first-order valence-corrected chi connectivity index (χ1v) is 9.46. The van der Waals surface area contributed by atoms with Crippen LogP contribution in [0.2, 0.25) is 0 Å². The molecule has 0 spiro atoms. The largest absolute Gasteiger partial charge is 0.383 e. The second kappa shape index (κ2) is 7.46. The molecule has 3 heterocycles. The number of benzene rings is 1. The molecule has 0 amide bonds. The fourth-order valence-electron chi connectivity index (χ4n) is 3.59. The number of carbonyl (C=O) groups excluding carboxylic acids is 1. The van der Waals surface area contributed by atoms with Crippen molar-refractivity contribution in [3.05, 3.63) is 66.1 Å². The van der Waals surface area contributed by atoms with E-state index >= 15 is 0 Å². The molecule has 0 unspecified atom stereocenters. The summed E-state index contributed by atoms with van der Waals surface area (Å²) >= 11 is 0. The highest BCUT2D eigenvalue weighted by molar-refractivity contribution is 6.13. The van der Waals surface area contributed by atoms with Gasteiger partial charge in [0.05, 0.1) is 11.1 Å². The van der Waals surface area contributed by atoms with Crippen molar-refractivity contribution in [2.24, 2.45) is 0 Å². The Morgan fingerprint density at radius 1 is 1.11 bits per heavy atom. The molecule has 4 rings (SSSR count). The summed E-state index contributed by atoms with van der Waals surface area (Å²) in [6, 6.07) is 12.0. The van der Waals surface area contributed by atoms with Gasteiger partial charge in [0.2, 0.25) is 0 Å². The quantitative estimate of drug-likeness (QED) is 0.497. The first kappa shape index (κ1) is 18.2. The SMILES string of the molecule is CN(C)/C=C/C(=O)c1c(-c2ccc(F)cc2)nn2c(N3CCCC3)cccc12. The standard InChI is InChI=1S/C22H23FN4O/c1-25(2)15-12-19(28)21-18-6-5-7-20(26-13-3-4-14-26)27(18)24-22(21)16-8-10-17(23)11-9-16/h5-12,15H,3-4,13-14H2,1-2H3/b15-12+. The first-order chi connectivity index (χ1) is 13.5. The smallest absolute Gasteiger partial charge is 0.191 e. The van der Waals surface area contributed by atoms with E-state index in [2.05, 4.69) is 4.90 Å². The second-order valence-electron chi connectivity index (χ2n) is 7.25. The van der Waals surface area contributed by atoms with Crippen molar-refractivity contribution >= 4 is 17.1 Å². The van der Waals surface area contributed by atoms with Gasteiger partial charge >= 0.3 is 0 Å². The second-order valence-corrected chi connectivity index (χ2v) is 7.25. The van der Waals surface area contributed by atoms with Gasteiger partial charge < -0.3 is 9.80 Å². The third-order valence-corrected chi connectivity index (χ3v) is 4.96. The Morgan fingerprint density at radius 3 is 2.50 bits per heavy atom. The molecule has 144 valence electrons. The summed E-state index contributed by atoms with van der Waals surface area (Å²) in [5.74, 6) is 0.543. The lowest BCUT2D eigenvalue weighted by atomic mass is 10.0. The first-order valence-electron chi connectivity index (χ1n) is 9.46. The minimum absolute atomic E-state index is 0.124. The number of ketones is 1. The lowest BCUT2D eigenvalue weighted by Crippen LogP contribution is -2.20. The van der Waals surface area contributed by atoms with Crippen LogP contribution in [0.1, 0.15) is 23.2 Å². The van der Waals surface area contributed by atoms with Crippen molar-refractivity contribution in [1.82, 2.24) is 14.5 Å². The summed E-state index contributed by atoms with van der Waals surface area (Å²) in [5, 5.41) is 4.79. The monoisotopic (exact) mass is 378 g/mol. The van der Waals surface area contributed by atoms with Crippen LogP contribution in [0, 0.1) is 5.82 Å². The Bertz CT molecular complexity index is 1030. The zero-order chi connectivity index (χ0) is 19.7. The number of pyridine rings is 1. The maximum absolute atomic E-state index is 13.4. The number of allylic oxidation sites excluding steroid dienone is 1. The third-order valence-electron chi connectivity index (χ3n) is 4.96. The molecule has 3 aromatic rings. The van der Waals surface area contributed by atoms with E-state index in [9.17, 15) is 9.18 Å². The van der Waals surface area contributed by atoms with Crippen molar-refractivity contribution in [2.45, 2.75) is 12.8 Å². The van der Waals surface area contributed by atoms with Gasteiger partial charge in [-0.15, -0.1) is 0 Å². The van der Waals surface area contributed by atoms with Crippen molar-refractivity contribution in [2.75, 3.05) is 32.1 Å². The van der Waals surface area contributed by atoms with E-state index < -0.39 is 0 Å². The summed E-state index contributed by atoms with van der Waals surface area (Å²) in [7, 11) is 3.73. The zero-order valence-corrected chi connectivity index (χ0v) is 16.1. The molecule has 0 N–H and O–H groups in total. The summed E-state index contributed by atoms with van der Waals surface area (Å²) < 4.78 is 15.3. The van der Waals surface area contributed by atoms with E-state index in [0.717, 1.165) is 42.8 Å². The van der Waals surface area contributed by atoms with Crippen molar-refractivity contribution < 1.29 is 9.18 Å². The zero-order valence-electron chi connectivity index (χ0n) is 16.1. The van der Waals surface area contributed by atoms with Crippen LogP contribution < -0.4 is 4.90 Å². The number of halogens is 1. The normalized spacial score (nSPS) is 14.3. The van der Waals surface area contributed by atoms with Crippen LogP contribution in [-0.4, -0.2) is 47.5 Å². The average Bonchev–Trinajstić information content (AvgIpc) is 3.34. The van der Waals surface area contributed by atoms with Crippen molar-refractivity contribution in [3.63, 3.8) is 0 Å². The summed E-state index contributed by atoms with van der Waals surface area (Å²) in [5.41, 5.74) is 2.59. The van der Waals surface area contributed by atoms with E-state index in [-0.39, 0.29) is 11.6 Å². The van der Waals surface area contributed by atoms with Crippen LogP contribution in [-0.2, 0) is 0 Å². The van der Waals surface area contributed by atoms with Crippen LogP contribution >= 0.6 is 0 Å². The maximum atomic E-state index is 13.4. The summed E-state index contributed by atoms with van der Waals surface area (Å²) in [4.78, 5) is 17.2. The molecule has 1 aromatic carbocycles. The van der Waals surface area contributed by atoms with E-state index in [1.54, 1.807) is 24.4 Å². The number of rotatable bonds is 5. The minimum Gasteiger partial charge on any atom is -0.383 e. The number of fused-ring (bicyclic) bond motifs is 1. The highest BCUT2D eigenvalue weighted by Crippen LogP contribution is 2.31. The molecular weight excluding hydrogens is 355 g/mol. The van der Waals surface area contributed by atoms with Crippen LogP contribution in [0.5, 0.6) is 0 Å². The average molecular weight is 378 g/mol. The molecule has 1 saturated heterocycles. The van der Waals surface area contributed by atoms with Gasteiger partial charge in [-0.1, -0.05) is 6.07 Å². The molecule has 28 heavy (non-hydrogen) atoms. The molecule has 0 atom stereocenters. The molecule has 1 fully saturated rings. The lowest BCUT2D eigenvalue weighted by Gasteiger charge is -2.18.